The van der Waals surface area contributed by atoms with Gasteiger partial charge >= 0.3 is 6.18 Å². The van der Waals surface area contributed by atoms with E-state index in [1.165, 1.54) is 37.1 Å². The van der Waals surface area contributed by atoms with Crippen LogP contribution >= 0.6 is 23.4 Å². The van der Waals surface area contributed by atoms with Gasteiger partial charge in [-0.05, 0) is 51.1 Å². The summed E-state index contributed by atoms with van der Waals surface area (Å²) in [6.07, 6.45) is -0.811. The van der Waals surface area contributed by atoms with Gasteiger partial charge in [-0.2, -0.15) is 13.2 Å². The highest BCUT2D eigenvalue weighted by Gasteiger charge is 2.36. The second-order valence-corrected chi connectivity index (χ2v) is 8.64. The van der Waals surface area contributed by atoms with Gasteiger partial charge in [0.15, 0.2) is 0 Å². The Labute approximate surface area is 171 Å². The number of carbonyl (C=O) groups excluding carboxylic acids is 1. The van der Waals surface area contributed by atoms with Crippen molar-refractivity contribution in [1.29, 1.82) is 0 Å². The van der Waals surface area contributed by atoms with Crippen LogP contribution in [0.3, 0.4) is 0 Å². The van der Waals surface area contributed by atoms with E-state index in [4.69, 9.17) is 11.6 Å². The zero-order valence-electron chi connectivity index (χ0n) is 15.6. The monoisotopic (exact) mass is 433 g/mol. The van der Waals surface area contributed by atoms with Gasteiger partial charge in [-0.25, -0.2) is 0 Å². The number of carbonyl (C=O) groups is 1. The summed E-state index contributed by atoms with van der Waals surface area (Å²) in [4.78, 5) is 19.3. The standard InChI is InChI=1S/C19H23ClF3N3OS/c1-12-16(17(27)24-7-10-26-8-3-2-4-9-26)28-18(25-12)14-11-13(19(21,22)23)5-6-15(14)20/h5-6,11-12,16H,2-4,7-10H2,1H3,(H,24,27). The summed E-state index contributed by atoms with van der Waals surface area (Å²) in [6.45, 7) is 5.28. The van der Waals surface area contributed by atoms with E-state index in [0.717, 1.165) is 31.8 Å². The fourth-order valence-corrected chi connectivity index (χ4v) is 4.87. The molecule has 1 amide bonds. The van der Waals surface area contributed by atoms with Gasteiger partial charge < -0.3 is 10.2 Å². The van der Waals surface area contributed by atoms with E-state index >= 15 is 0 Å². The predicted molar refractivity (Wildman–Crippen MR) is 107 cm³/mol. The lowest BCUT2D eigenvalue weighted by Crippen LogP contribution is -2.42. The molecule has 4 nitrogen and oxygen atoms in total. The molecule has 2 unspecified atom stereocenters. The van der Waals surface area contributed by atoms with Crippen LogP contribution in [0.25, 0.3) is 0 Å². The Bertz CT molecular complexity index is 750. The Morgan fingerprint density at radius 2 is 2.04 bits per heavy atom. The molecule has 2 aliphatic rings. The molecular weight excluding hydrogens is 411 g/mol. The van der Waals surface area contributed by atoms with E-state index < -0.39 is 17.0 Å². The maximum absolute atomic E-state index is 13.0. The highest BCUT2D eigenvalue weighted by molar-refractivity contribution is 8.15. The van der Waals surface area contributed by atoms with Crippen LogP contribution in [0.4, 0.5) is 13.2 Å². The number of benzene rings is 1. The molecule has 3 rings (SSSR count). The molecule has 2 aliphatic heterocycles. The van der Waals surface area contributed by atoms with Crippen molar-refractivity contribution in [1.82, 2.24) is 10.2 Å². The minimum Gasteiger partial charge on any atom is -0.354 e. The fraction of sp³-hybridized carbons (Fsp3) is 0.579. The van der Waals surface area contributed by atoms with Crippen molar-refractivity contribution < 1.29 is 18.0 Å². The van der Waals surface area contributed by atoms with Crippen LogP contribution in [0.5, 0.6) is 0 Å². The number of likely N-dealkylation sites (tertiary alicyclic amines) is 1. The van der Waals surface area contributed by atoms with Crippen molar-refractivity contribution >= 4 is 34.3 Å². The molecule has 0 aliphatic carbocycles. The van der Waals surface area contributed by atoms with Gasteiger partial charge in [0.1, 0.15) is 10.3 Å². The van der Waals surface area contributed by atoms with E-state index in [-0.39, 0.29) is 22.5 Å². The molecule has 1 aromatic carbocycles. The van der Waals surface area contributed by atoms with Crippen LogP contribution in [0, 0.1) is 0 Å². The van der Waals surface area contributed by atoms with Crippen LogP contribution in [0.15, 0.2) is 23.2 Å². The summed E-state index contributed by atoms with van der Waals surface area (Å²) >= 11 is 7.28. The van der Waals surface area contributed by atoms with Gasteiger partial charge in [0.2, 0.25) is 5.91 Å². The molecule has 1 saturated heterocycles. The molecule has 1 fully saturated rings. The first kappa shape index (κ1) is 21.5. The molecule has 0 saturated carbocycles. The summed E-state index contributed by atoms with van der Waals surface area (Å²) in [6, 6.07) is 2.83. The maximum Gasteiger partial charge on any atom is 0.416 e. The number of piperidine rings is 1. The quantitative estimate of drug-likeness (QED) is 0.756. The minimum absolute atomic E-state index is 0.142. The Hall–Kier alpha value is -1.25. The highest BCUT2D eigenvalue weighted by Crippen LogP contribution is 2.37. The predicted octanol–water partition coefficient (Wildman–Crippen LogP) is 4.21. The number of alkyl halides is 3. The second-order valence-electron chi connectivity index (χ2n) is 7.10. The SMILES string of the molecule is CC1N=C(c2cc(C(F)(F)F)ccc2Cl)SC1C(=O)NCCN1CCCCC1. The summed E-state index contributed by atoms with van der Waals surface area (Å²) in [5, 5.41) is 3.03. The van der Waals surface area contributed by atoms with Crippen molar-refractivity contribution in [3.63, 3.8) is 0 Å². The lowest BCUT2D eigenvalue weighted by molar-refractivity contribution is -0.137. The third-order valence-corrected chi connectivity index (χ3v) is 6.70. The topological polar surface area (TPSA) is 44.7 Å². The number of amides is 1. The molecule has 0 bridgehead atoms. The van der Waals surface area contributed by atoms with Gasteiger partial charge in [0.25, 0.3) is 0 Å². The number of thioether (sulfide) groups is 1. The number of rotatable bonds is 5. The molecule has 1 N–H and O–H groups in total. The maximum atomic E-state index is 13.0. The molecule has 154 valence electrons. The first-order valence-corrected chi connectivity index (χ1v) is 10.6. The van der Waals surface area contributed by atoms with E-state index in [0.29, 0.717) is 11.6 Å². The molecule has 2 atom stereocenters. The number of nitrogens with one attached hydrogen (secondary N) is 1. The highest BCUT2D eigenvalue weighted by atomic mass is 35.5. The normalized spacial score (nSPS) is 23.5. The molecular formula is C19H23ClF3N3OS. The van der Waals surface area contributed by atoms with Crippen molar-refractivity contribution in [2.24, 2.45) is 4.99 Å². The summed E-state index contributed by atoms with van der Waals surface area (Å²) in [5.41, 5.74) is -0.561. The second kappa shape index (κ2) is 9.05. The molecule has 0 spiro atoms. The summed E-state index contributed by atoms with van der Waals surface area (Å²) < 4.78 is 39.0. The lowest BCUT2D eigenvalue weighted by atomic mass is 10.1. The smallest absolute Gasteiger partial charge is 0.354 e. The van der Waals surface area contributed by atoms with Crippen molar-refractivity contribution in [2.75, 3.05) is 26.2 Å². The molecule has 1 aromatic rings. The third-order valence-electron chi connectivity index (χ3n) is 4.96. The zero-order valence-corrected chi connectivity index (χ0v) is 17.1. The molecule has 9 heteroatoms. The van der Waals surface area contributed by atoms with Crippen molar-refractivity contribution in [3.05, 3.63) is 34.3 Å². The number of hydrogen-bond donors (Lipinski definition) is 1. The Kier molecular flexibility index (Phi) is 6.94. The average molecular weight is 434 g/mol. The number of aliphatic imine (C=N–C) groups is 1. The minimum atomic E-state index is -4.46. The molecule has 0 radical (unpaired) electrons. The van der Waals surface area contributed by atoms with Gasteiger partial charge in [-0.3, -0.25) is 9.79 Å². The summed E-state index contributed by atoms with van der Waals surface area (Å²) in [7, 11) is 0. The third kappa shape index (κ3) is 5.21. The van der Waals surface area contributed by atoms with Crippen molar-refractivity contribution in [2.45, 2.75) is 43.7 Å². The molecule has 28 heavy (non-hydrogen) atoms. The van der Waals surface area contributed by atoms with Crippen molar-refractivity contribution in [3.8, 4) is 0 Å². The fourth-order valence-electron chi connectivity index (χ4n) is 3.39. The molecule has 2 heterocycles. The van der Waals surface area contributed by atoms with Crippen LogP contribution in [-0.4, -0.2) is 53.3 Å². The first-order chi connectivity index (χ1) is 13.3. The number of halogens is 4. The number of hydrogen-bond acceptors (Lipinski definition) is 4. The van der Waals surface area contributed by atoms with E-state index in [2.05, 4.69) is 15.2 Å². The van der Waals surface area contributed by atoms with Gasteiger partial charge in [0.05, 0.1) is 16.6 Å². The van der Waals surface area contributed by atoms with E-state index in [1.807, 2.05) is 0 Å². The lowest BCUT2D eigenvalue weighted by Gasteiger charge is -2.26. The average Bonchev–Trinajstić information content (AvgIpc) is 3.03. The first-order valence-electron chi connectivity index (χ1n) is 9.37. The summed E-state index contributed by atoms with van der Waals surface area (Å²) in [5.74, 6) is -0.142. The Morgan fingerprint density at radius 3 is 2.71 bits per heavy atom. The van der Waals surface area contributed by atoms with Gasteiger partial charge in [-0.1, -0.05) is 29.8 Å². The van der Waals surface area contributed by atoms with Crippen LogP contribution < -0.4 is 5.32 Å². The van der Waals surface area contributed by atoms with Gasteiger partial charge in [-0.15, -0.1) is 0 Å². The van der Waals surface area contributed by atoms with Crippen LogP contribution in [0.2, 0.25) is 5.02 Å². The zero-order chi connectivity index (χ0) is 20.3. The van der Waals surface area contributed by atoms with Crippen LogP contribution in [-0.2, 0) is 11.0 Å². The number of nitrogens with zero attached hydrogens (tertiary/aromatic N) is 2. The Balaban J connectivity index is 1.60. The Morgan fingerprint density at radius 1 is 1.32 bits per heavy atom. The van der Waals surface area contributed by atoms with Gasteiger partial charge in [0, 0.05) is 18.7 Å². The van der Waals surface area contributed by atoms with E-state index in [1.54, 1.807) is 6.92 Å². The largest absolute Gasteiger partial charge is 0.416 e. The van der Waals surface area contributed by atoms with Crippen LogP contribution in [0.1, 0.15) is 37.3 Å². The molecule has 0 aromatic heterocycles. The van der Waals surface area contributed by atoms with E-state index in [9.17, 15) is 18.0 Å².